The van der Waals surface area contributed by atoms with Gasteiger partial charge in [0.05, 0.1) is 33.0 Å². The van der Waals surface area contributed by atoms with E-state index in [0.29, 0.717) is 12.1 Å². The van der Waals surface area contributed by atoms with E-state index in [2.05, 4.69) is 41.5 Å². The molecule has 0 N–H and O–H groups in total. The van der Waals surface area contributed by atoms with Gasteiger partial charge in [0.25, 0.3) is 8.32 Å². The van der Waals surface area contributed by atoms with Gasteiger partial charge in [0.1, 0.15) is 5.82 Å². The fourth-order valence-electron chi connectivity index (χ4n) is 7.71. The molecule has 0 bridgehead atoms. The van der Waals surface area contributed by atoms with Crippen molar-refractivity contribution in [2.24, 2.45) is 0 Å². The minimum absolute atomic E-state index is 0.0675. The normalized spacial score (nSPS) is 12.9. The lowest BCUT2D eigenvalue weighted by Crippen LogP contribution is -2.45. The van der Waals surface area contributed by atoms with Gasteiger partial charge in [0.2, 0.25) is 5.82 Å². The first-order chi connectivity index (χ1) is 22.3. The second-order valence-electron chi connectivity index (χ2n) is 14.4. The van der Waals surface area contributed by atoms with Crippen molar-refractivity contribution >= 4 is 35.2 Å². The van der Waals surface area contributed by atoms with Crippen molar-refractivity contribution in [3.63, 3.8) is 0 Å². The molecule has 2 aromatic carbocycles. The molecular formula is C37H61F6OSi3. The Morgan fingerprint density at radius 1 is 0.489 bits per heavy atom. The van der Waals surface area contributed by atoms with Gasteiger partial charge in [-0.3, -0.25) is 0 Å². The highest BCUT2D eigenvalue weighted by Gasteiger charge is 2.42. The van der Waals surface area contributed by atoms with Crippen molar-refractivity contribution in [3.8, 4) is 5.75 Å². The largest absolute Gasteiger partial charge is 0.539 e. The molecule has 2 rings (SSSR count). The van der Waals surface area contributed by atoms with E-state index in [9.17, 15) is 13.2 Å². The van der Waals surface area contributed by atoms with Crippen LogP contribution in [0.3, 0.4) is 0 Å². The number of fused-ring (bicyclic) bond motifs is 1. The van der Waals surface area contributed by atoms with Crippen LogP contribution in [0.25, 0.3) is 10.8 Å². The predicted molar refractivity (Wildman–Crippen MR) is 195 cm³/mol. The van der Waals surface area contributed by atoms with Gasteiger partial charge < -0.3 is 4.43 Å². The molecule has 0 heterocycles. The molecule has 0 fully saturated rings. The van der Waals surface area contributed by atoms with Gasteiger partial charge in [-0.1, -0.05) is 155 Å². The zero-order valence-electron chi connectivity index (χ0n) is 30.5. The Kier molecular flexibility index (Phi) is 17.1. The number of hydrogen-bond donors (Lipinski definition) is 0. The van der Waals surface area contributed by atoms with E-state index in [1.807, 2.05) is 13.8 Å². The minimum atomic E-state index is -2.99. The molecule has 269 valence electrons. The monoisotopic (exact) mass is 719 g/mol. The van der Waals surface area contributed by atoms with Crippen molar-refractivity contribution < 1.29 is 30.8 Å². The smallest absolute Gasteiger partial charge is 0.254 e. The number of unbranched alkanes of at least 4 members (excludes halogenated alkanes) is 6. The molecule has 10 heteroatoms. The molecule has 0 atom stereocenters. The molecule has 47 heavy (non-hydrogen) atoms. The van der Waals surface area contributed by atoms with Crippen molar-refractivity contribution in [1.29, 1.82) is 0 Å². The molecule has 0 unspecified atom stereocenters. The fourth-order valence-corrected chi connectivity index (χ4v) is 19.0. The lowest BCUT2D eigenvalue weighted by molar-refractivity contribution is 0.404. The maximum absolute atomic E-state index is 15.8. The summed E-state index contributed by atoms with van der Waals surface area (Å²) in [5, 5.41) is -2.56. The quantitative estimate of drug-likeness (QED) is 0.0481. The zero-order valence-corrected chi connectivity index (χ0v) is 33.5. The summed E-state index contributed by atoms with van der Waals surface area (Å²) in [6, 6.07) is 13.1. The van der Waals surface area contributed by atoms with Crippen LogP contribution in [-0.4, -0.2) is 24.5 Å². The van der Waals surface area contributed by atoms with Gasteiger partial charge in [-0.2, -0.15) is 4.39 Å². The summed E-state index contributed by atoms with van der Waals surface area (Å²) in [7, 11) is -5.39. The van der Waals surface area contributed by atoms with Gasteiger partial charge in [0, 0.05) is 0 Å². The third-order valence-electron chi connectivity index (χ3n) is 12.1. The van der Waals surface area contributed by atoms with E-state index in [4.69, 9.17) is 4.43 Å². The number of halogens is 6. The lowest BCUT2D eigenvalue weighted by Gasteiger charge is -2.36. The van der Waals surface area contributed by atoms with Gasteiger partial charge in [-0.15, -0.1) is 0 Å². The van der Waals surface area contributed by atoms with E-state index < -0.39 is 75.9 Å². The van der Waals surface area contributed by atoms with Crippen LogP contribution in [-0.2, 0) is 0 Å². The van der Waals surface area contributed by atoms with Gasteiger partial charge in [0.15, 0.2) is 29.0 Å². The van der Waals surface area contributed by atoms with Crippen LogP contribution in [0.2, 0.25) is 66.0 Å². The molecule has 0 aliphatic carbocycles. The highest BCUT2D eigenvalue weighted by molar-refractivity contribution is 6.80. The standard InChI is InChI=1S/C37H61F6OSi3/c1-9-45(10-2,11-3)23-19-15-17-21-25-47(28(7)8,26-22-18-16-20-24-46(12-4,13-5)14-6)44-37-35(42)31-29(38)27-30(39)33(40)32(31)34(41)36(37)43/h28H,9-26H2,1-8H3. The first kappa shape index (κ1) is 41.9. The van der Waals surface area contributed by atoms with Crippen LogP contribution in [0, 0.1) is 41.0 Å². The fraction of sp³-hybridized carbons (Fsp3) is 0.730. The molecule has 2 aromatic rings. The topological polar surface area (TPSA) is 9.23 Å². The first-order valence-electron chi connectivity index (χ1n) is 18.5. The van der Waals surface area contributed by atoms with E-state index in [-0.39, 0.29) is 5.54 Å². The molecule has 0 aliphatic heterocycles. The summed E-state index contributed by atoms with van der Waals surface area (Å²) in [5.74, 6) is -11.5. The van der Waals surface area contributed by atoms with Gasteiger partial charge in [-0.05, 0) is 17.6 Å². The third kappa shape index (κ3) is 10.1. The predicted octanol–water partition coefficient (Wildman–Crippen LogP) is 14.3. The Morgan fingerprint density at radius 3 is 1.28 bits per heavy atom. The van der Waals surface area contributed by atoms with Gasteiger partial charge in [-0.25, -0.2) is 22.0 Å². The maximum atomic E-state index is 15.8. The van der Waals surface area contributed by atoms with Crippen LogP contribution in [0.15, 0.2) is 0 Å². The Balaban J connectivity index is 2.33. The van der Waals surface area contributed by atoms with Crippen LogP contribution >= 0.6 is 0 Å². The molecule has 0 spiro atoms. The van der Waals surface area contributed by atoms with E-state index in [0.717, 1.165) is 38.5 Å². The Morgan fingerprint density at radius 2 is 0.894 bits per heavy atom. The summed E-state index contributed by atoms with van der Waals surface area (Å²) in [6.07, 6.45) is 8.08. The van der Waals surface area contributed by atoms with Crippen molar-refractivity contribution in [2.75, 3.05) is 0 Å². The molecule has 0 saturated carbocycles. The van der Waals surface area contributed by atoms with Crippen LogP contribution in [0.5, 0.6) is 5.75 Å². The van der Waals surface area contributed by atoms with Crippen LogP contribution in [0.4, 0.5) is 26.3 Å². The highest BCUT2D eigenvalue weighted by Crippen LogP contribution is 2.42. The maximum Gasteiger partial charge on any atom is 0.254 e. The number of benzene rings is 2. The van der Waals surface area contributed by atoms with E-state index in [1.54, 1.807) is 0 Å². The average Bonchev–Trinajstić information content (AvgIpc) is 3.06. The molecule has 1 nitrogen and oxygen atoms in total. The van der Waals surface area contributed by atoms with Crippen LogP contribution in [0.1, 0.15) is 107 Å². The molecular weight excluding hydrogens is 659 g/mol. The first-order valence-corrected chi connectivity index (χ1v) is 26.6. The summed E-state index contributed by atoms with van der Waals surface area (Å²) in [6.45, 7) is 17.9. The van der Waals surface area contributed by atoms with Crippen molar-refractivity contribution in [2.45, 2.75) is 173 Å². The molecule has 0 aromatic heterocycles. The molecule has 0 amide bonds. The number of hydrogen-bond acceptors (Lipinski definition) is 1. The Bertz CT molecular complexity index is 1210. The molecule has 1 radical (unpaired) electrons. The van der Waals surface area contributed by atoms with Crippen LogP contribution < -0.4 is 4.43 Å². The van der Waals surface area contributed by atoms with E-state index >= 15 is 13.2 Å². The molecule has 0 aliphatic rings. The summed E-state index contributed by atoms with van der Waals surface area (Å²) >= 11 is 0. The van der Waals surface area contributed by atoms with E-state index in [1.165, 1.54) is 67.3 Å². The second kappa shape index (κ2) is 19.2. The van der Waals surface area contributed by atoms with Gasteiger partial charge >= 0.3 is 0 Å². The molecule has 0 saturated heterocycles. The average molecular weight is 720 g/mol. The highest BCUT2D eigenvalue weighted by atomic mass is 28.4. The SMILES string of the molecule is CC[Si](CC)(CC)CCCCCC[Si](CCCCCC[Si](CC)(CC)CC)(Oc1c(F)c(F)c2c(F)c(F)[c]c(F)c2c1F)C(C)C. The van der Waals surface area contributed by atoms with Crippen molar-refractivity contribution in [1.82, 2.24) is 0 Å². The lowest BCUT2D eigenvalue weighted by atomic mass is 10.1. The van der Waals surface area contributed by atoms with Crippen molar-refractivity contribution in [3.05, 3.63) is 41.0 Å². The number of rotatable bonds is 23. The summed E-state index contributed by atoms with van der Waals surface area (Å²) in [4.78, 5) is 0. The Hall–Kier alpha value is -1.27. The summed E-state index contributed by atoms with van der Waals surface area (Å²) < 4.78 is 95.8. The third-order valence-corrected chi connectivity index (χ3v) is 29.0. The Labute approximate surface area is 284 Å². The second-order valence-corrected chi connectivity index (χ2v) is 30.1. The summed E-state index contributed by atoms with van der Waals surface area (Å²) in [5.41, 5.74) is -0.0675. The zero-order chi connectivity index (χ0) is 35.4. The minimum Gasteiger partial charge on any atom is -0.539 e.